The number of ketones is 1. The topological polar surface area (TPSA) is 52.3 Å². The van der Waals surface area contributed by atoms with Gasteiger partial charge in [0, 0.05) is 6.42 Å². The maximum atomic E-state index is 11.6. The molecule has 1 saturated carbocycles. The highest BCUT2D eigenvalue weighted by Crippen LogP contribution is 2.33. The number of rotatable bonds is 2. The standard InChI is InChI=1S/C9H13NO2/c10-9(4-2-5-9)8(11)7-3-1-6-12-7/h3H,1-2,4-6,10H2. The van der Waals surface area contributed by atoms with Gasteiger partial charge in [-0.15, -0.1) is 0 Å². The molecular weight excluding hydrogens is 154 g/mol. The number of hydrogen-bond donors (Lipinski definition) is 1. The normalized spacial score (nSPS) is 25.6. The van der Waals surface area contributed by atoms with Crippen LogP contribution in [-0.4, -0.2) is 17.9 Å². The molecule has 0 aromatic heterocycles. The lowest BCUT2D eigenvalue weighted by Gasteiger charge is -2.36. The van der Waals surface area contributed by atoms with Crippen LogP contribution in [0.1, 0.15) is 25.7 Å². The number of carbonyl (C=O) groups excluding carboxylic acids is 1. The molecule has 2 N–H and O–H groups in total. The van der Waals surface area contributed by atoms with Crippen molar-refractivity contribution in [1.29, 1.82) is 0 Å². The Hall–Kier alpha value is -0.830. The van der Waals surface area contributed by atoms with E-state index in [-0.39, 0.29) is 5.78 Å². The Morgan fingerprint density at radius 2 is 2.33 bits per heavy atom. The van der Waals surface area contributed by atoms with Crippen LogP contribution in [0, 0.1) is 0 Å². The van der Waals surface area contributed by atoms with Crippen LogP contribution in [0.5, 0.6) is 0 Å². The maximum absolute atomic E-state index is 11.6. The molecule has 3 heteroatoms. The van der Waals surface area contributed by atoms with Crippen LogP contribution in [0.3, 0.4) is 0 Å². The average molecular weight is 167 g/mol. The Kier molecular flexibility index (Phi) is 1.68. The first-order valence-electron chi connectivity index (χ1n) is 4.39. The van der Waals surface area contributed by atoms with E-state index in [1.54, 1.807) is 0 Å². The third kappa shape index (κ3) is 1.05. The molecule has 0 aromatic carbocycles. The fraction of sp³-hybridized carbons (Fsp3) is 0.667. The van der Waals surface area contributed by atoms with Crippen molar-refractivity contribution < 1.29 is 9.53 Å². The quantitative estimate of drug-likeness (QED) is 0.660. The molecule has 1 fully saturated rings. The van der Waals surface area contributed by atoms with Crippen LogP contribution in [-0.2, 0) is 9.53 Å². The van der Waals surface area contributed by atoms with Crippen molar-refractivity contribution >= 4 is 5.78 Å². The van der Waals surface area contributed by atoms with Gasteiger partial charge in [-0.2, -0.15) is 0 Å². The zero-order valence-corrected chi connectivity index (χ0v) is 7.01. The smallest absolute Gasteiger partial charge is 0.216 e. The van der Waals surface area contributed by atoms with Crippen molar-refractivity contribution in [2.45, 2.75) is 31.2 Å². The summed E-state index contributed by atoms with van der Waals surface area (Å²) in [5.41, 5.74) is 5.27. The summed E-state index contributed by atoms with van der Waals surface area (Å²) in [6.45, 7) is 0.636. The zero-order chi connectivity index (χ0) is 8.60. The second kappa shape index (κ2) is 2.59. The minimum Gasteiger partial charge on any atom is -0.490 e. The minimum absolute atomic E-state index is 0.00579. The first-order chi connectivity index (χ1) is 5.72. The molecule has 1 aliphatic heterocycles. The molecule has 2 aliphatic rings. The first-order valence-corrected chi connectivity index (χ1v) is 4.39. The predicted octanol–water partition coefficient (Wildman–Crippen LogP) is 0.741. The summed E-state index contributed by atoms with van der Waals surface area (Å²) in [5, 5.41) is 0. The van der Waals surface area contributed by atoms with Crippen molar-refractivity contribution in [1.82, 2.24) is 0 Å². The second-order valence-electron chi connectivity index (χ2n) is 3.54. The number of ether oxygens (including phenoxy) is 1. The number of carbonyl (C=O) groups is 1. The number of hydrogen-bond acceptors (Lipinski definition) is 3. The monoisotopic (exact) mass is 167 g/mol. The van der Waals surface area contributed by atoms with Crippen LogP contribution in [0.4, 0.5) is 0 Å². The van der Waals surface area contributed by atoms with Gasteiger partial charge in [0.05, 0.1) is 12.1 Å². The Morgan fingerprint density at radius 1 is 1.58 bits per heavy atom. The number of nitrogens with two attached hydrogens (primary N) is 1. The fourth-order valence-electron chi connectivity index (χ4n) is 1.61. The molecule has 0 bridgehead atoms. The Balaban J connectivity index is 2.08. The Bertz CT molecular complexity index is 241. The highest BCUT2D eigenvalue weighted by Gasteiger charge is 2.42. The van der Waals surface area contributed by atoms with E-state index < -0.39 is 5.54 Å². The van der Waals surface area contributed by atoms with Gasteiger partial charge in [0.1, 0.15) is 0 Å². The van der Waals surface area contributed by atoms with Crippen LogP contribution in [0.2, 0.25) is 0 Å². The molecule has 3 nitrogen and oxygen atoms in total. The van der Waals surface area contributed by atoms with E-state index in [4.69, 9.17) is 10.5 Å². The molecule has 0 atom stereocenters. The fourth-order valence-corrected chi connectivity index (χ4v) is 1.61. The van der Waals surface area contributed by atoms with E-state index in [2.05, 4.69) is 0 Å². The molecule has 12 heavy (non-hydrogen) atoms. The maximum Gasteiger partial charge on any atom is 0.216 e. The van der Waals surface area contributed by atoms with Gasteiger partial charge in [-0.3, -0.25) is 4.79 Å². The van der Waals surface area contributed by atoms with E-state index in [9.17, 15) is 4.79 Å². The highest BCUT2D eigenvalue weighted by atomic mass is 16.5. The lowest BCUT2D eigenvalue weighted by molar-refractivity contribution is -0.126. The molecule has 0 amide bonds. The lowest BCUT2D eigenvalue weighted by atomic mass is 9.74. The summed E-state index contributed by atoms with van der Waals surface area (Å²) < 4.78 is 5.17. The summed E-state index contributed by atoms with van der Waals surface area (Å²) in [5.74, 6) is 0.503. The zero-order valence-electron chi connectivity index (χ0n) is 7.01. The van der Waals surface area contributed by atoms with Crippen LogP contribution in [0.15, 0.2) is 11.8 Å². The van der Waals surface area contributed by atoms with Gasteiger partial charge in [-0.1, -0.05) is 0 Å². The first kappa shape index (κ1) is 7.80. The van der Waals surface area contributed by atoms with Crippen molar-refractivity contribution in [3.05, 3.63) is 11.8 Å². The predicted molar refractivity (Wildman–Crippen MR) is 44.4 cm³/mol. The SMILES string of the molecule is NC1(C(=O)C2=CCCO2)CCC1. The van der Waals surface area contributed by atoms with Crippen molar-refractivity contribution in [2.24, 2.45) is 5.73 Å². The highest BCUT2D eigenvalue weighted by molar-refractivity contribution is 6.01. The largest absolute Gasteiger partial charge is 0.490 e. The minimum atomic E-state index is -0.587. The molecule has 2 rings (SSSR count). The molecular formula is C9H13NO2. The van der Waals surface area contributed by atoms with Crippen LogP contribution < -0.4 is 5.73 Å². The van der Waals surface area contributed by atoms with E-state index in [0.717, 1.165) is 25.7 Å². The van der Waals surface area contributed by atoms with Gasteiger partial charge in [-0.05, 0) is 25.3 Å². The summed E-state index contributed by atoms with van der Waals surface area (Å²) >= 11 is 0. The van der Waals surface area contributed by atoms with Crippen LogP contribution in [0.25, 0.3) is 0 Å². The molecule has 1 aliphatic carbocycles. The van der Waals surface area contributed by atoms with E-state index >= 15 is 0 Å². The Morgan fingerprint density at radius 3 is 2.75 bits per heavy atom. The summed E-state index contributed by atoms with van der Waals surface area (Å²) in [6, 6.07) is 0. The van der Waals surface area contributed by atoms with E-state index in [0.29, 0.717) is 12.4 Å². The van der Waals surface area contributed by atoms with Crippen molar-refractivity contribution in [2.75, 3.05) is 6.61 Å². The van der Waals surface area contributed by atoms with Gasteiger partial charge in [-0.25, -0.2) is 0 Å². The molecule has 0 spiro atoms. The lowest BCUT2D eigenvalue weighted by Crippen LogP contribution is -2.54. The van der Waals surface area contributed by atoms with Gasteiger partial charge in [0.15, 0.2) is 5.76 Å². The molecule has 1 heterocycles. The van der Waals surface area contributed by atoms with Gasteiger partial charge < -0.3 is 10.5 Å². The molecule has 0 unspecified atom stereocenters. The van der Waals surface area contributed by atoms with Crippen molar-refractivity contribution in [3.8, 4) is 0 Å². The second-order valence-corrected chi connectivity index (χ2v) is 3.54. The van der Waals surface area contributed by atoms with Crippen molar-refractivity contribution in [3.63, 3.8) is 0 Å². The average Bonchev–Trinajstić information content (AvgIpc) is 2.50. The molecule has 0 radical (unpaired) electrons. The van der Waals surface area contributed by atoms with Gasteiger partial charge >= 0.3 is 0 Å². The molecule has 66 valence electrons. The Labute approximate surface area is 71.6 Å². The van der Waals surface area contributed by atoms with Gasteiger partial charge in [0.25, 0.3) is 0 Å². The summed E-state index contributed by atoms with van der Waals surface area (Å²) in [4.78, 5) is 11.6. The summed E-state index contributed by atoms with van der Waals surface area (Å²) in [7, 11) is 0. The third-order valence-corrected chi connectivity index (χ3v) is 2.63. The van der Waals surface area contributed by atoms with Crippen LogP contribution >= 0.6 is 0 Å². The van der Waals surface area contributed by atoms with E-state index in [1.165, 1.54) is 0 Å². The van der Waals surface area contributed by atoms with E-state index in [1.807, 2.05) is 6.08 Å². The third-order valence-electron chi connectivity index (χ3n) is 2.63. The number of Topliss-reactive ketones (excluding diaryl/α,β-unsaturated/α-hetero) is 1. The van der Waals surface area contributed by atoms with Gasteiger partial charge in [0.2, 0.25) is 5.78 Å². The summed E-state index contributed by atoms with van der Waals surface area (Å²) in [6.07, 6.45) is 5.38. The molecule has 0 aromatic rings. The molecule has 0 saturated heterocycles.